The van der Waals surface area contributed by atoms with Gasteiger partial charge < -0.3 is 5.11 Å². The van der Waals surface area contributed by atoms with E-state index in [-0.39, 0.29) is 0 Å². The quantitative estimate of drug-likeness (QED) is 0.737. The fraction of sp³-hybridized carbons (Fsp3) is 0.435. The molecule has 1 saturated carbocycles. The van der Waals surface area contributed by atoms with Gasteiger partial charge in [0.05, 0.1) is 5.56 Å². The summed E-state index contributed by atoms with van der Waals surface area (Å²) < 4.78 is 0. The van der Waals surface area contributed by atoms with E-state index in [9.17, 15) is 9.90 Å². The fourth-order valence-corrected chi connectivity index (χ4v) is 4.10. The molecule has 0 aromatic heterocycles. The molecule has 0 atom stereocenters. The number of carbonyl (C=O) groups is 1. The van der Waals surface area contributed by atoms with E-state index in [1.807, 2.05) is 30.3 Å². The molecule has 3 rings (SSSR count). The molecule has 0 amide bonds. The Kier molecular flexibility index (Phi) is 6.10. The van der Waals surface area contributed by atoms with Gasteiger partial charge in [0.1, 0.15) is 0 Å². The highest BCUT2D eigenvalue weighted by Gasteiger charge is 2.24. The van der Waals surface area contributed by atoms with E-state index in [2.05, 4.69) is 30.9 Å². The smallest absolute Gasteiger partial charge is 0.335 e. The van der Waals surface area contributed by atoms with Crippen LogP contribution in [-0.2, 0) is 6.54 Å². The van der Waals surface area contributed by atoms with Gasteiger partial charge in [0.15, 0.2) is 0 Å². The second kappa shape index (κ2) is 8.50. The molecule has 2 aromatic rings. The largest absolute Gasteiger partial charge is 0.478 e. The molecule has 0 heterocycles. The minimum absolute atomic E-state index is 0.368. The molecule has 1 aliphatic carbocycles. The van der Waals surface area contributed by atoms with Crippen LogP contribution >= 0.6 is 0 Å². The first-order valence-electron chi connectivity index (χ1n) is 9.73. The summed E-state index contributed by atoms with van der Waals surface area (Å²) in [6.45, 7) is 5.30. The molecule has 3 nitrogen and oxygen atoms in total. The summed E-state index contributed by atoms with van der Waals surface area (Å²) in [6, 6.07) is 16.9. The molecule has 1 N–H and O–H groups in total. The summed E-state index contributed by atoms with van der Waals surface area (Å²) in [5.41, 5.74) is 3.76. The molecule has 0 spiro atoms. The third kappa shape index (κ3) is 4.34. The average Bonchev–Trinajstić information content (AvgIpc) is 2.67. The van der Waals surface area contributed by atoms with Crippen molar-refractivity contribution in [1.82, 2.24) is 4.90 Å². The van der Waals surface area contributed by atoms with Crippen molar-refractivity contribution < 1.29 is 9.90 Å². The predicted octanol–water partition coefficient (Wildman–Crippen LogP) is 5.59. The van der Waals surface area contributed by atoms with E-state index >= 15 is 0 Å². The molecule has 0 bridgehead atoms. The lowest BCUT2D eigenvalue weighted by atomic mass is 9.91. The Labute approximate surface area is 156 Å². The summed E-state index contributed by atoms with van der Waals surface area (Å²) in [4.78, 5) is 14.1. The number of hydrogen-bond donors (Lipinski definition) is 1. The lowest BCUT2D eigenvalue weighted by molar-refractivity contribution is 0.0696. The third-order valence-electron chi connectivity index (χ3n) is 5.50. The fourth-order valence-electron chi connectivity index (χ4n) is 4.10. The number of rotatable bonds is 6. The normalized spacial score (nSPS) is 15.5. The molecular formula is C23H29NO2. The Bertz CT molecular complexity index is 733. The van der Waals surface area contributed by atoms with Crippen molar-refractivity contribution in [2.45, 2.75) is 64.6 Å². The van der Waals surface area contributed by atoms with Gasteiger partial charge in [-0.15, -0.1) is 0 Å². The van der Waals surface area contributed by atoms with Crippen LogP contribution in [0.25, 0.3) is 11.1 Å². The van der Waals surface area contributed by atoms with Crippen LogP contribution in [0.1, 0.15) is 61.9 Å². The summed E-state index contributed by atoms with van der Waals surface area (Å²) >= 11 is 0. The Morgan fingerprint density at radius 2 is 1.77 bits per heavy atom. The Balaban J connectivity index is 1.97. The zero-order valence-electron chi connectivity index (χ0n) is 15.8. The third-order valence-corrected chi connectivity index (χ3v) is 5.50. The van der Waals surface area contributed by atoms with E-state index in [1.165, 1.54) is 32.1 Å². The number of hydrogen-bond acceptors (Lipinski definition) is 2. The van der Waals surface area contributed by atoms with Crippen molar-refractivity contribution in [2.75, 3.05) is 0 Å². The molecule has 1 fully saturated rings. The maximum absolute atomic E-state index is 11.5. The predicted molar refractivity (Wildman–Crippen MR) is 106 cm³/mol. The Hall–Kier alpha value is -2.13. The average molecular weight is 351 g/mol. The molecular weight excluding hydrogens is 322 g/mol. The summed E-state index contributed by atoms with van der Waals surface area (Å²) in [7, 11) is 0. The molecule has 0 aliphatic heterocycles. The van der Waals surface area contributed by atoms with Gasteiger partial charge in [0.2, 0.25) is 0 Å². The maximum Gasteiger partial charge on any atom is 0.335 e. The zero-order valence-corrected chi connectivity index (χ0v) is 15.8. The summed E-state index contributed by atoms with van der Waals surface area (Å²) in [5, 5.41) is 9.45. The van der Waals surface area contributed by atoms with Crippen LogP contribution in [0.15, 0.2) is 48.5 Å². The second-order valence-electron chi connectivity index (χ2n) is 7.60. The van der Waals surface area contributed by atoms with E-state index in [0.29, 0.717) is 17.6 Å². The van der Waals surface area contributed by atoms with E-state index < -0.39 is 5.97 Å². The first-order valence-corrected chi connectivity index (χ1v) is 9.73. The number of carboxylic acid groups (broad SMARTS) is 1. The van der Waals surface area contributed by atoms with E-state index in [0.717, 1.165) is 23.2 Å². The molecule has 3 heteroatoms. The Morgan fingerprint density at radius 3 is 2.38 bits per heavy atom. The van der Waals surface area contributed by atoms with Gasteiger partial charge in [-0.25, -0.2) is 4.79 Å². The second-order valence-corrected chi connectivity index (χ2v) is 7.60. The molecule has 138 valence electrons. The maximum atomic E-state index is 11.5. The molecule has 1 aliphatic rings. The van der Waals surface area contributed by atoms with E-state index in [1.54, 1.807) is 6.07 Å². The van der Waals surface area contributed by atoms with Crippen LogP contribution in [-0.4, -0.2) is 28.1 Å². The van der Waals surface area contributed by atoms with Gasteiger partial charge in [-0.2, -0.15) is 0 Å². The highest BCUT2D eigenvalue weighted by atomic mass is 16.4. The summed E-state index contributed by atoms with van der Waals surface area (Å²) in [6.07, 6.45) is 6.43. The van der Waals surface area contributed by atoms with Crippen molar-refractivity contribution in [3.05, 3.63) is 59.7 Å². The standard InChI is InChI=1S/C23H29NO2/c1-17(2)24(21-11-7-4-8-12-21)16-20-15-19(23(25)26)13-14-22(20)18-9-5-3-6-10-18/h3,5-6,9-10,13-15,17,21H,4,7-8,11-12,16H2,1-2H3,(H,25,26). The van der Waals surface area contributed by atoms with Gasteiger partial charge >= 0.3 is 5.97 Å². The van der Waals surface area contributed by atoms with Crippen molar-refractivity contribution in [3.63, 3.8) is 0 Å². The highest BCUT2D eigenvalue weighted by molar-refractivity contribution is 5.89. The minimum atomic E-state index is -0.861. The van der Waals surface area contributed by atoms with Crippen LogP contribution in [0.5, 0.6) is 0 Å². The summed E-state index contributed by atoms with van der Waals surface area (Å²) in [5.74, 6) is -0.861. The highest BCUT2D eigenvalue weighted by Crippen LogP contribution is 2.30. The zero-order chi connectivity index (χ0) is 18.5. The van der Waals surface area contributed by atoms with Gasteiger partial charge in [-0.3, -0.25) is 4.90 Å². The molecule has 2 aromatic carbocycles. The Morgan fingerprint density at radius 1 is 1.08 bits per heavy atom. The SMILES string of the molecule is CC(C)N(Cc1cc(C(=O)O)ccc1-c1ccccc1)C1CCCCC1. The molecule has 0 unspecified atom stereocenters. The topological polar surface area (TPSA) is 40.5 Å². The number of benzene rings is 2. The number of aromatic carboxylic acids is 1. The van der Waals surface area contributed by atoms with Crippen LogP contribution < -0.4 is 0 Å². The minimum Gasteiger partial charge on any atom is -0.478 e. The van der Waals surface area contributed by atoms with Gasteiger partial charge in [-0.1, -0.05) is 55.7 Å². The monoisotopic (exact) mass is 351 g/mol. The molecule has 0 saturated heterocycles. The van der Waals surface area contributed by atoms with Crippen molar-refractivity contribution in [1.29, 1.82) is 0 Å². The van der Waals surface area contributed by atoms with Gasteiger partial charge in [0.25, 0.3) is 0 Å². The van der Waals surface area contributed by atoms with E-state index in [4.69, 9.17) is 0 Å². The van der Waals surface area contributed by atoms with Crippen molar-refractivity contribution in [3.8, 4) is 11.1 Å². The molecule has 0 radical (unpaired) electrons. The van der Waals surface area contributed by atoms with Crippen LogP contribution in [0.3, 0.4) is 0 Å². The lowest BCUT2D eigenvalue weighted by Gasteiger charge is -2.37. The molecule has 26 heavy (non-hydrogen) atoms. The number of nitrogens with zero attached hydrogens (tertiary/aromatic N) is 1. The number of carboxylic acids is 1. The first-order chi connectivity index (χ1) is 12.6. The van der Waals surface area contributed by atoms with Crippen LogP contribution in [0, 0.1) is 0 Å². The van der Waals surface area contributed by atoms with Gasteiger partial charge in [-0.05, 0) is 55.5 Å². The van der Waals surface area contributed by atoms with Gasteiger partial charge in [0, 0.05) is 18.6 Å². The van der Waals surface area contributed by atoms with Crippen LogP contribution in [0.4, 0.5) is 0 Å². The van der Waals surface area contributed by atoms with Crippen LogP contribution in [0.2, 0.25) is 0 Å². The lowest BCUT2D eigenvalue weighted by Crippen LogP contribution is -2.41. The first kappa shape index (κ1) is 18.7. The van der Waals surface area contributed by atoms with Crippen molar-refractivity contribution >= 4 is 5.97 Å². The van der Waals surface area contributed by atoms with Crippen molar-refractivity contribution in [2.24, 2.45) is 0 Å².